The zero-order valence-electron chi connectivity index (χ0n) is 9.72. The molecule has 92 valence electrons. The van der Waals surface area contributed by atoms with Crippen LogP contribution in [0.2, 0.25) is 0 Å². The van der Waals surface area contributed by atoms with E-state index in [1.165, 1.54) is 13.0 Å². The molecule has 1 saturated heterocycles. The van der Waals surface area contributed by atoms with E-state index in [1.54, 1.807) is 0 Å². The van der Waals surface area contributed by atoms with Crippen LogP contribution in [0.3, 0.4) is 0 Å². The first-order valence-electron chi connectivity index (χ1n) is 5.83. The van der Waals surface area contributed by atoms with Crippen LogP contribution in [0, 0.1) is 18.6 Å². The van der Waals surface area contributed by atoms with Crippen molar-refractivity contribution in [2.75, 3.05) is 6.54 Å². The van der Waals surface area contributed by atoms with Crippen molar-refractivity contribution in [3.8, 4) is 0 Å². The summed E-state index contributed by atoms with van der Waals surface area (Å²) in [6, 6.07) is 2.04. The highest BCUT2D eigenvalue weighted by Crippen LogP contribution is 2.20. The lowest BCUT2D eigenvalue weighted by atomic mass is 9.95. The van der Waals surface area contributed by atoms with Gasteiger partial charge in [-0.3, -0.25) is 4.79 Å². The maximum atomic E-state index is 13.8. The molecule has 0 saturated carbocycles. The number of rotatable bonds is 2. The Labute approximate surface area is 99.0 Å². The third-order valence-corrected chi connectivity index (χ3v) is 3.16. The molecule has 0 radical (unpaired) electrons. The molecule has 17 heavy (non-hydrogen) atoms. The highest BCUT2D eigenvalue weighted by atomic mass is 19.1. The zero-order valence-corrected chi connectivity index (χ0v) is 9.72. The molecule has 0 aliphatic carbocycles. The Hall–Kier alpha value is -1.29. The molecule has 0 aromatic heterocycles. The number of halogens is 2. The van der Waals surface area contributed by atoms with E-state index in [0.29, 0.717) is 12.0 Å². The Morgan fingerprint density at radius 1 is 1.35 bits per heavy atom. The number of aryl methyl sites for hydroxylation is 1. The summed E-state index contributed by atoms with van der Waals surface area (Å²) in [5.41, 5.74) is -0.102. The topological polar surface area (TPSA) is 29.1 Å². The molecule has 0 spiro atoms. The number of hydrogen-bond donors (Lipinski definition) is 1. The van der Waals surface area contributed by atoms with Gasteiger partial charge in [-0.05, 0) is 37.9 Å². The van der Waals surface area contributed by atoms with Crippen LogP contribution < -0.4 is 5.32 Å². The summed E-state index contributed by atoms with van der Waals surface area (Å²) < 4.78 is 27.3. The number of carbonyl (C=O) groups excluding carboxylic acids is 1. The van der Waals surface area contributed by atoms with E-state index in [4.69, 9.17) is 0 Å². The number of hydrogen-bond acceptors (Lipinski definition) is 2. The van der Waals surface area contributed by atoms with Gasteiger partial charge in [-0.2, -0.15) is 0 Å². The van der Waals surface area contributed by atoms with E-state index < -0.39 is 29.0 Å². The van der Waals surface area contributed by atoms with Crippen molar-refractivity contribution < 1.29 is 13.6 Å². The van der Waals surface area contributed by atoms with Crippen molar-refractivity contribution in [1.82, 2.24) is 5.32 Å². The first kappa shape index (κ1) is 12.2. The van der Waals surface area contributed by atoms with Gasteiger partial charge in [-0.25, -0.2) is 8.78 Å². The molecule has 1 fully saturated rings. The largest absolute Gasteiger partial charge is 0.307 e. The van der Waals surface area contributed by atoms with E-state index in [0.717, 1.165) is 25.5 Å². The molecule has 1 unspecified atom stereocenters. The molecule has 1 aromatic rings. The summed E-state index contributed by atoms with van der Waals surface area (Å²) in [6.45, 7) is 2.26. The van der Waals surface area contributed by atoms with Crippen LogP contribution >= 0.6 is 0 Å². The van der Waals surface area contributed by atoms with E-state index >= 15 is 0 Å². The Kier molecular flexibility index (Phi) is 3.52. The third-order valence-electron chi connectivity index (χ3n) is 3.16. The number of nitrogens with one attached hydrogen (secondary N) is 1. The van der Waals surface area contributed by atoms with Gasteiger partial charge in [0.2, 0.25) is 0 Å². The van der Waals surface area contributed by atoms with E-state index in [2.05, 4.69) is 5.32 Å². The molecular formula is C13H15F2NO. The molecule has 1 atom stereocenters. The summed E-state index contributed by atoms with van der Waals surface area (Å²) in [5, 5.41) is 3.01. The lowest BCUT2D eigenvalue weighted by Crippen LogP contribution is -2.41. The van der Waals surface area contributed by atoms with Crippen LogP contribution in [0.4, 0.5) is 8.78 Å². The molecule has 1 aliphatic heterocycles. The predicted octanol–water partition coefficient (Wildman–Crippen LogP) is 2.60. The molecule has 2 rings (SSSR count). The van der Waals surface area contributed by atoms with Crippen molar-refractivity contribution in [1.29, 1.82) is 0 Å². The summed E-state index contributed by atoms with van der Waals surface area (Å²) in [5.74, 6) is -1.98. The van der Waals surface area contributed by atoms with Crippen LogP contribution in [0.5, 0.6) is 0 Å². The standard InChI is InChI=1S/C13H15F2NO/c1-8-5-6-9(14)11(12(8)15)13(17)10-4-2-3-7-16-10/h5-6,10,16H,2-4,7H2,1H3. The van der Waals surface area contributed by atoms with Crippen LogP contribution in [-0.2, 0) is 0 Å². The second-order valence-corrected chi connectivity index (χ2v) is 4.42. The molecule has 1 aliphatic rings. The minimum atomic E-state index is -0.773. The summed E-state index contributed by atoms with van der Waals surface area (Å²) >= 11 is 0. The lowest BCUT2D eigenvalue weighted by molar-refractivity contribution is 0.0918. The van der Waals surface area contributed by atoms with Gasteiger partial charge in [0.25, 0.3) is 0 Å². The van der Waals surface area contributed by atoms with E-state index in [9.17, 15) is 13.6 Å². The van der Waals surface area contributed by atoms with Crippen LogP contribution in [0.25, 0.3) is 0 Å². The maximum absolute atomic E-state index is 13.8. The molecule has 0 bridgehead atoms. The van der Waals surface area contributed by atoms with Gasteiger partial charge >= 0.3 is 0 Å². The van der Waals surface area contributed by atoms with Crippen molar-refractivity contribution in [2.24, 2.45) is 0 Å². The van der Waals surface area contributed by atoms with Crippen LogP contribution in [-0.4, -0.2) is 18.4 Å². The molecule has 2 nitrogen and oxygen atoms in total. The van der Waals surface area contributed by atoms with E-state index in [1.807, 2.05) is 0 Å². The minimum Gasteiger partial charge on any atom is -0.307 e. The van der Waals surface area contributed by atoms with Crippen molar-refractivity contribution in [3.63, 3.8) is 0 Å². The van der Waals surface area contributed by atoms with Gasteiger partial charge in [0.05, 0.1) is 11.6 Å². The highest BCUT2D eigenvalue weighted by molar-refractivity contribution is 6.00. The van der Waals surface area contributed by atoms with Crippen molar-refractivity contribution >= 4 is 5.78 Å². The highest BCUT2D eigenvalue weighted by Gasteiger charge is 2.27. The number of carbonyl (C=O) groups is 1. The first-order valence-corrected chi connectivity index (χ1v) is 5.83. The number of Topliss-reactive ketones (excluding diaryl/α,β-unsaturated/α-hetero) is 1. The monoisotopic (exact) mass is 239 g/mol. The smallest absolute Gasteiger partial charge is 0.185 e. The van der Waals surface area contributed by atoms with Gasteiger partial charge in [-0.15, -0.1) is 0 Å². The Balaban J connectivity index is 2.32. The number of piperidine rings is 1. The average Bonchev–Trinajstić information content (AvgIpc) is 2.35. The Morgan fingerprint density at radius 2 is 2.12 bits per heavy atom. The number of benzene rings is 1. The van der Waals surface area contributed by atoms with Crippen molar-refractivity contribution in [2.45, 2.75) is 32.2 Å². The van der Waals surface area contributed by atoms with Gasteiger partial charge in [0.15, 0.2) is 5.78 Å². The zero-order chi connectivity index (χ0) is 12.4. The van der Waals surface area contributed by atoms with Gasteiger partial charge < -0.3 is 5.32 Å². The van der Waals surface area contributed by atoms with Crippen LogP contribution in [0.1, 0.15) is 35.2 Å². The van der Waals surface area contributed by atoms with E-state index in [-0.39, 0.29) is 0 Å². The lowest BCUT2D eigenvalue weighted by Gasteiger charge is -2.22. The fourth-order valence-corrected chi connectivity index (χ4v) is 2.13. The van der Waals surface area contributed by atoms with Gasteiger partial charge in [0.1, 0.15) is 11.6 Å². The second kappa shape index (κ2) is 4.92. The SMILES string of the molecule is Cc1ccc(F)c(C(=O)C2CCCCN2)c1F. The normalized spacial score (nSPS) is 20.3. The molecule has 4 heteroatoms. The van der Waals surface area contributed by atoms with Crippen molar-refractivity contribution in [3.05, 3.63) is 34.9 Å². The fourth-order valence-electron chi connectivity index (χ4n) is 2.13. The average molecular weight is 239 g/mol. The fraction of sp³-hybridized carbons (Fsp3) is 0.462. The minimum absolute atomic E-state index is 0.297. The summed E-state index contributed by atoms with van der Waals surface area (Å²) in [4.78, 5) is 12.1. The van der Waals surface area contributed by atoms with Gasteiger partial charge in [0, 0.05) is 0 Å². The molecule has 0 amide bonds. The number of ketones is 1. The third kappa shape index (κ3) is 2.36. The Bertz CT molecular complexity index is 439. The summed E-state index contributed by atoms with van der Waals surface area (Å²) in [7, 11) is 0. The van der Waals surface area contributed by atoms with Crippen LogP contribution in [0.15, 0.2) is 12.1 Å². The predicted molar refractivity (Wildman–Crippen MR) is 61.1 cm³/mol. The summed E-state index contributed by atoms with van der Waals surface area (Å²) in [6.07, 6.45) is 2.56. The first-order chi connectivity index (χ1) is 8.11. The molecular weight excluding hydrogens is 224 g/mol. The molecule has 1 heterocycles. The van der Waals surface area contributed by atoms with Gasteiger partial charge in [-0.1, -0.05) is 12.5 Å². The Morgan fingerprint density at radius 3 is 2.76 bits per heavy atom. The molecule has 1 N–H and O–H groups in total. The maximum Gasteiger partial charge on any atom is 0.185 e. The quantitative estimate of drug-likeness (QED) is 0.804. The molecule has 1 aromatic carbocycles. The second-order valence-electron chi connectivity index (χ2n) is 4.42.